The first kappa shape index (κ1) is 10.5. The van der Waals surface area contributed by atoms with Crippen molar-refractivity contribution < 1.29 is 5.11 Å². The van der Waals surface area contributed by atoms with Crippen LogP contribution in [0.5, 0.6) is 0 Å². The minimum absolute atomic E-state index is 0.294. The van der Waals surface area contributed by atoms with Gasteiger partial charge in [0, 0.05) is 4.88 Å². The lowest BCUT2D eigenvalue weighted by Gasteiger charge is -2.16. The zero-order valence-electron chi connectivity index (χ0n) is 8.24. The molecule has 3 atom stereocenters. The van der Waals surface area contributed by atoms with E-state index in [1.807, 2.05) is 12.1 Å². The predicted molar refractivity (Wildman–Crippen MR) is 60.8 cm³/mol. The van der Waals surface area contributed by atoms with E-state index in [-0.39, 0.29) is 6.10 Å². The van der Waals surface area contributed by atoms with Crippen LogP contribution in [0.1, 0.15) is 37.2 Å². The molecule has 0 bridgehead atoms. The Labute approximate surface area is 93.7 Å². The van der Waals surface area contributed by atoms with Gasteiger partial charge in [-0.15, -0.1) is 11.3 Å². The Morgan fingerprint density at radius 3 is 2.79 bits per heavy atom. The second-order valence-electron chi connectivity index (χ2n) is 4.27. The quantitative estimate of drug-likeness (QED) is 0.818. The zero-order valence-corrected chi connectivity index (χ0v) is 9.81. The minimum Gasteiger partial charge on any atom is -0.387 e. The lowest BCUT2D eigenvalue weighted by molar-refractivity contribution is 0.113. The van der Waals surface area contributed by atoms with Gasteiger partial charge in [-0.05, 0) is 36.8 Å². The van der Waals surface area contributed by atoms with Crippen LogP contribution in [0.2, 0.25) is 4.34 Å². The third-order valence-electron chi connectivity index (χ3n) is 3.07. The molecule has 3 heteroatoms. The molecule has 0 saturated heterocycles. The van der Waals surface area contributed by atoms with Crippen LogP contribution in [0.25, 0.3) is 0 Å². The van der Waals surface area contributed by atoms with Crippen LogP contribution in [0.3, 0.4) is 0 Å². The highest BCUT2D eigenvalue weighted by Crippen LogP contribution is 2.41. The summed E-state index contributed by atoms with van der Waals surface area (Å²) < 4.78 is 0.769. The van der Waals surface area contributed by atoms with Gasteiger partial charge in [0.25, 0.3) is 0 Å². The Hall–Kier alpha value is -0.0500. The van der Waals surface area contributed by atoms with Crippen molar-refractivity contribution in [3.8, 4) is 0 Å². The number of hydrogen-bond acceptors (Lipinski definition) is 2. The van der Waals surface area contributed by atoms with Gasteiger partial charge in [0.15, 0.2) is 0 Å². The number of rotatable bonds is 2. The van der Waals surface area contributed by atoms with Crippen molar-refractivity contribution in [1.82, 2.24) is 0 Å². The fourth-order valence-electron chi connectivity index (χ4n) is 2.26. The molecule has 1 aromatic heterocycles. The Morgan fingerprint density at radius 2 is 2.29 bits per heavy atom. The van der Waals surface area contributed by atoms with Crippen LogP contribution in [0.4, 0.5) is 0 Å². The van der Waals surface area contributed by atoms with Crippen molar-refractivity contribution in [2.75, 3.05) is 0 Å². The highest BCUT2D eigenvalue weighted by atomic mass is 35.5. The molecule has 1 aliphatic rings. The maximum atomic E-state index is 10.1. The number of aliphatic hydroxyl groups excluding tert-OH is 1. The number of hydrogen-bond donors (Lipinski definition) is 1. The van der Waals surface area contributed by atoms with Gasteiger partial charge in [0.05, 0.1) is 10.4 Å². The van der Waals surface area contributed by atoms with Crippen molar-refractivity contribution in [2.45, 2.75) is 32.3 Å². The van der Waals surface area contributed by atoms with E-state index in [9.17, 15) is 5.11 Å². The van der Waals surface area contributed by atoms with Crippen LogP contribution >= 0.6 is 22.9 Å². The Kier molecular flexibility index (Phi) is 3.15. The summed E-state index contributed by atoms with van der Waals surface area (Å²) >= 11 is 7.35. The molecule has 2 rings (SSSR count). The van der Waals surface area contributed by atoms with E-state index in [4.69, 9.17) is 11.6 Å². The highest BCUT2D eigenvalue weighted by molar-refractivity contribution is 7.16. The van der Waals surface area contributed by atoms with E-state index in [1.54, 1.807) is 0 Å². The smallest absolute Gasteiger partial charge is 0.0932 e. The molecule has 0 amide bonds. The van der Waals surface area contributed by atoms with Crippen LogP contribution in [0.15, 0.2) is 12.1 Å². The molecular weight excluding hydrogens is 216 g/mol. The van der Waals surface area contributed by atoms with Gasteiger partial charge in [-0.3, -0.25) is 0 Å². The fourth-order valence-corrected chi connectivity index (χ4v) is 3.40. The van der Waals surface area contributed by atoms with Crippen LogP contribution in [-0.2, 0) is 0 Å². The lowest BCUT2D eigenvalue weighted by atomic mass is 9.98. The first-order valence-electron chi connectivity index (χ1n) is 5.10. The predicted octanol–water partition coefficient (Wildman–Crippen LogP) is 3.87. The van der Waals surface area contributed by atoms with Crippen molar-refractivity contribution in [3.05, 3.63) is 21.3 Å². The maximum Gasteiger partial charge on any atom is 0.0932 e. The normalized spacial score (nSPS) is 29.4. The molecule has 1 fully saturated rings. The zero-order chi connectivity index (χ0) is 10.1. The van der Waals surface area contributed by atoms with E-state index >= 15 is 0 Å². The molecule has 78 valence electrons. The summed E-state index contributed by atoms with van der Waals surface area (Å²) in [4.78, 5) is 1.02. The van der Waals surface area contributed by atoms with E-state index in [0.717, 1.165) is 28.0 Å². The van der Waals surface area contributed by atoms with Gasteiger partial charge in [0.2, 0.25) is 0 Å². The molecule has 3 unspecified atom stereocenters. The molecular formula is C11H15ClOS. The molecule has 0 aromatic carbocycles. The summed E-state index contributed by atoms with van der Waals surface area (Å²) in [7, 11) is 0. The molecule has 1 nitrogen and oxygen atoms in total. The van der Waals surface area contributed by atoms with Gasteiger partial charge in [0.1, 0.15) is 0 Å². The van der Waals surface area contributed by atoms with E-state index in [2.05, 4.69) is 6.92 Å². The van der Waals surface area contributed by atoms with Crippen LogP contribution < -0.4 is 0 Å². The molecule has 0 aliphatic heterocycles. The lowest BCUT2D eigenvalue weighted by Crippen LogP contribution is -2.07. The summed E-state index contributed by atoms with van der Waals surface area (Å²) in [6, 6.07) is 3.81. The second-order valence-corrected chi connectivity index (χ2v) is 6.01. The SMILES string of the molecule is CC1CCC(C(O)c2ccc(Cl)s2)C1. The average Bonchev–Trinajstić information content (AvgIpc) is 2.73. The molecule has 0 radical (unpaired) electrons. The van der Waals surface area contributed by atoms with Crippen molar-refractivity contribution >= 4 is 22.9 Å². The Bertz CT molecular complexity index is 310. The monoisotopic (exact) mass is 230 g/mol. The Morgan fingerprint density at radius 1 is 1.50 bits per heavy atom. The third kappa shape index (κ3) is 2.13. The second kappa shape index (κ2) is 4.21. The number of halogens is 1. The maximum absolute atomic E-state index is 10.1. The summed E-state index contributed by atoms with van der Waals surface area (Å²) in [5.41, 5.74) is 0. The van der Waals surface area contributed by atoms with Crippen LogP contribution in [0, 0.1) is 11.8 Å². The van der Waals surface area contributed by atoms with Gasteiger partial charge >= 0.3 is 0 Å². The number of aliphatic hydroxyl groups is 1. The average molecular weight is 231 g/mol. The molecule has 1 aliphatic carbocycles. The standard InChI is InChI=1S/C11H15ClOS/c1-7-2-3-8(6-7)11(13)9-4-5-10(12)14-9/h4-5,7-8,11,13H,2-3,6H2,1H3. The molecule has 1 heterocycles. The highest BCUT2D eigenvalue weighted by Gasteiger charge is 2.29. The minimum atomic E-state index is -0.294. The van der Waals surface area contributed by atoms with Crippen LogP contribution in [-0.4, -0.2) is 5.11 Å². The summed E-state index contributed by atoms with van der Waals surface area (Å²) in [5.74, 6) is 1.21. The molecule has 0 spiro atoms. The van der Waals surface area contributed by atoms with Gasteiger partial charge in [-0.2, -0.15) is 0 Å². The van der Waals surface area contributed by atoms with E-state index in [1.165, 1.54) is 17.8 Å². The van der Waals surface area contributed by atoms with Gasteiger partial charge < -0.3 is 5.11 Å². The molecule has 14 heavy (non-hydrogen) atoms. The fraction of sp³-hybridized carbons (Fsp3) is 0.636. The van der Waals surface area contributed by atoms with E-state index < -0.39 is 0 Å². The molecule has 1 saturated carbocycles. The van der Waals surface area contributed by atoms with Crippen molar-refractivity contribution in [3.63, 3.8) is 0 Å². The third-order valence-corrected chi connectivity index (χ3v) is 4.37. The Balaban J connectivity index is 2.05. The van der Waals surface area contributed by atoms with Gasteiger partial charge in [-0.25, -0.2) is 0 Å². The van der Waals surface area contributed by atoms with Gasteiger partial charge in [-0.1, -0.05) is 24.9 Å². The number of thiophene rings is 1. The summed E-state index contributed by atoms with van der Waals surface area (Å²) in [5, 5.41) is 10.1. The largest absolute Gasteiger partial charge is 0.387 e. The van der Waals surface area contributed by atoms with E-state index in [0.29, 0.717) is 5.92 Å². The molecule has 1 aromatic rings. The molecule has 1 N–H and O–H groups in total. The first-order valence-corrected chi connectivity index (χ1v) is 6.29. The van der Waals surface area contributed by atoms with Crippen molar-refractivity contribution in [1.29, 1.82) is 0 Å². The topological polar surface area (TPSA) is 20.2 Å². The first-order chi connectivity index (χ1) is 6.66. The summed E-state index contributed by atoms with van der Waals surface area (Å²) in [6.45, 7) is 2.26. The summed E-state index contributed by atoms with van der Waals surface area (Å²) in [6.07, 6.45) is 3.26. The van der Waals surface area contributed by atoms with Crippen molar-refractivity contribution in [2.24, 2.45) is 11.8 Å².